The predicted octanol–water partition coefficient (Wildman–Crippen LogP) is 3.72. The standard InChI is InChI=1S/C13H13F3O3S/c1-9-3-2-4-10(5-6-11(17)18)12(9)19-7-8-20-13(14,15)16/h2-6H,7-8H2,1H3,(H,17,18)/b6-5+. The Balaban J connectivity index is 2.71. The molecule has 0 aliphatic rings. The van der Waals surface area contributed by atoms with Gasteiger partial charge < -0.3 is 9.84 Å². The van der Waals surface area contributed by atoms with Gasteiger partial charge in [-0.25, -0.2) is 4.79 Å². The number of thioether (sulfide) groups is 1. The van der Waals surface area contributed by atoms with Crippen LogP contribution in [0.25, 0.3) is 6.08 Å². The van der Waals surface area contributed by atoms with E-state index >= 15 is 0 Å². The highest BCUT2D eigenvalue weighted by Gasteiger charge is 2.27. The number of carboxylic acids is 1. The number of para-hydroxylation sites is 1. The van der Waals surface area contributed by atoms with Crippen LogP contribution in [0.5, 0.6) is 5.75 Å². The molecule has 0 atom stereocenters. The number of carboxylic acid groups (broad SMARTS) is 1. The second-order valence-corrected chi connectivity index (χ2v) is 4.97. The molecule has 0 aliphatic carbocycles. The van der Waals surface area contributed by atoms with Gasteiger partial charge in [-0.15, -0.1) is 0 Å². The molecule has 0 aliphatic heterocycles. The van der Waals surface area contributed by atoms with E-state index in [4.69, 9.17) is 9.84 Å². The summed E-state index contributed by atoms with van der Waals surface area (Å²) in [6, 6.07) is 5.09. The van der Waals surface area contributed by atoms with Crippen molar-refractivity contribution in [3.8, 4) is 5.75 Å². The van der Waals surface area contributed by atoms with Gasteiger partial charge in [-0.2, -0.15) is 13.2 Å². The maximum atomic E-state index is 12.0. The van der Waals surface area contributed by atoms with E-state index < -0.39 is 11.5 Å². The summed E-state index contributed by atoms with van der Waals surface area (Å²) in [5.74, 6) is -0.933. The maximum Gasteiger partial charge on any atom is 0.441 e. The first-order valence-electron chi connectivity index (χ1n) is 5.63. The lowest BCUT2D eigenvalue weighted by molar-refractivity contribution is -0.131. The summed E-state index contributed by atoms with van der Waals surface area (Å²) in [6.07, 6.45) is 2.30. The van der Waals surface area contributed by atoms with Gasteiger partial charge in [0.1, 0.15) is 5.75 Å². The molecule has 0 bridgehead atoms. The molecule has 1 N–H and O–H groups in total. The van der Waals surface area contributed by atoms with Crippen LogP contribution in [0, 0.1) is 6.92 Å². The molecular weight excluding hydrogens is 293 g/mol. The summed E-state index contributed by atoms with van der Waals surface area (Å²) in [7, 11) is 0. The number of benzene rings is 1. The third-order valence-electron chi connectivity index (χ3n) is 2.24. The number of ether oxygens (including phenoxy) is 1. The van der Waals surface area contributed by atoms with Gasteiger partial charge in [0.2, 0.25) is 0 Å². The van der Waals surface area contributed by atoms with Gasteiger partial charge >= 0.3 is 11.5 Å². The van der Waals surface area contributed by atoms with E-state index in [0.717, 1.165) is 11.6 Å². The molecule has 110 valence electrons. The van der Waals surface area contributed by atoms with Crippen LogP contribution < -0.4 is 4.74 Å². The third-order valence-corrected chi connectivity index (χ3v) is 2.94. The maximum absolute atomic E-state index is 12.0. The van der Waals surface area contributed by atoms with Gasteiger partial charge in [0.25, 0.3) is 0 Å². The van der Waals surface area contributed by atoms with Crippen LogP contribution in [-0.4, -0.2) is 28.9 Å². The minimum absolute atomic E-state index is 0.108. The average molecular weight is 306 g/mol. The fourth-order valence-corrected chi connectivity index (χ4v) is 1.86. The fraction of sp³-hybridized carbons (Fsp3) is 0.308. The Morgan fingerprint density at radius 1 is 1.45 bits per heavy atom. The summed E-state index contributed by atoms with van der Waals surface area (Å²) in [5.41, 5.74) is -3.03. The zero-order chi connectivity index (χ0) is 15.2. The Kier molecular flexibility index (Phi) is 5.94. The average Bonchev–Trinajstić information content (AvgIpc) is 2.32. The molecule has 0 spiro atoms. The van der Waals surface area contributed by atoms with E-state index in [1.807, 2.05) is 0 Å². The van der Waals surface area contributed by atoms with Crippen molar-refractivity contribution in [3.05, 3.63) is 35.4 Å². The lowest BCUT2D eigenvalue weighted by Gasteiger charge is -2.12. The molecule has 0 heterocycles. The van der Waals surface area contributed by atoms with Gasteiger partial charge in [-0.3, -0.25) is 0 Å². The van der Waals surface area contributed by atoms with Gasteiger partial charge in [-0.05, 0) is 30.3 Å². The first-order chi connectivity index (χ1) is 9.29. The lowest BCUT2D eigenvalue weighted by Crippen LogP contribution is -2.08. The molecule has 1 aromatic carbocycles. The van der Waals surface area contributed by atoms with Crippen LogP contribution in [0.1, 0.15) is 11.1 Å². The number of rotatable bonds is 6. The molecule has 0 saturated heterocycles. The predicted molar refractivity (Wildman–Crippen MR) is 71.9 cm³/mol. The molecule has 1 rings (SSSR count). The topological polar surface area (TPSA) is 46.5 Å². The molecule has 0 unspecified atom stereocenters. The molecule has 20 heavy (non-hydrogen) atoms. The van der Waals surface area contributed by atoms with Crippen molar-refractivity contribution in [2.75, 3.05) is 12.4 Å². The molecule has 0 radical (unpaired) electrons. The molecule has 7 heteroatoms. The van der Waals surface area contributed by atoms with Crippen molar-refractivity contribution in [1.29, 1.82) is 0 Å². The number of hydrogen-bond donors (Lipinski definition) is 1. The van der Waals surface area contributed by atoms with Crippen LogP contribution >= 0.6 is 11.8 Å². The second-order valence-electron chi connectivity index (χ2n) is 3.81. The largest absolute Gasteiger partial charge is 0.492 e. The van der Waals surface area contributed by atoms with Crippen molar-refractivity contribution in [3.63, 3.8) is 0 Å². The summed E-state index contributed by atoms with van der Waals surface area (Å²) in [5, 5.41) is 8.58. The van der Waals surface area contributed by atoms with Gasteiger partial charge in [-0.1, -0.05) is 18.2 Å². The molecular formula is C13H13F3O3S. The fourth-order valence-electron chi connectivity index (χ4n) is 1.47. The Bertz CT molecular complexity index is 498. The number of aliphatic carboxylic acids is 1. The Hall–Kier alpha value is -1.63. The summed E-state index contributed by atoms with van der Waals surface area (Å²) in [4.78, 5) is 10.5. The summed E-state index contributed by atoms with van der Waals surface area (Å²) < 4.78 is 41.3. The quantitative estimate of drug-likeness (QED) is 0.642. The molecule has 3 nitrogen and oxygen atoms in total. The minimum atomic E-state index is -4.28. The van der Waals surface area contributed by atoms with E-state index in [2.05, 4.69) is 0 Å². The molecule has 0 saturated carbocycles. The van der Waals surface area contributed by atoms with E-state index in [1.54, 1.807) is 25.1 Å². The van der Waals surface area contributed by atoms with Crippen molar-refractivity contribution in [2.45, 2.75) is 12.4 Å². The number of alkyl halides is 3. The normalized spacial score (nSPS) is 11.8. The molecule has 0 fully saturated rings. The smallest absolute Gasteiger partial charge is 0.441 e. The van der Waals surface area contributed by atoms with Crippen LogP contribution in [0.2, 0.25) is 0 Å². The zero-order valence-electron chi connectivity index (χ0n) is 10.6. The number of carbonyl (C=O) groups is 1. The minimum Gasteiger partial charge on any atom is -0.492 e. The molecule has 0 amide bonds. The molecule has 0 aromatic heterocycles. The van der Waals surface area contributed by atoms with Crippen molar-refractivity contribution in [2.24, 2.45) is 0 Å². The van der Waals surface area contributed by atoms with Crippen LogP contribution in [-0.2, 0) is 4.79 Å². The van der Waals surface area contributed by atoms with E-state index in [1.165, 1.54) is 6.08 Å². The number of hydrogen-bond acceptors (Lipinski definition) is 3. The first kappa shape index (κ1) is 16.4. The third kappa shape index (κ3) is 6.01. The SMILES string of the molecule is Cc1cccc(/C=C/C(=O)O)c1OCCSC(F)(F)F. The highest BCUT2D eigenvalue weighted by Crippen LogP contribution is 2.30. The van der Waals surface area contributed by atoms with Gasteiger partial charge in [0, 0.05) is 17.4 Å². The van der Waals surface area contributed by atoms with E-state index in [9.17, 15) is 18.0 Å². The highest BCUT2D eigenvalue weighted by atomic mass is 32.2. The van der Waals surface area contributed by atoms with Crippen LogP contribution in [0.4, 0.5) is 13.2 Å². The monoisotopic (exact) mass is 306 g/mol. The number of halogens is 3. The van der Waals surface area contributed by atoms with Crippen LogP contribution in [0.15, 0.2) is 24.3 Å². The Morgan fingerprint density at radius 3 is 2.75 bits per heavy atom. The first-order valence-corrected chi connectivity index (χ1v) is 6.62. The van der Waals surface area contributed by atoms with Crippen LogP contribution in [0.3, 0.4) is 0 Å². The van der Waals surface area contributed by atoms with E-state index in [0.29, 0.717) is 11.3 Å². The lowest BCUT2D eigenvalue weighted by atomic mass is 10.1. The van der Waals surface area contributed by atoms with Crippen molar-refractivity contribution in [1.82, 2.24) is 0 Å². The second kappa shape index (κ2) is 7.23. The van der Waals surface area contributed by atoms with Crippen molar-refractivity contribution < 1.29 is 27.8 Å². The number of aryl methyl sites for hydroxylation is 1. The molecule has 1 aromatic rings. The summed E-state index contributed by atoms with van der Waals surface area (Å²) >= 11 is -0.154. The highest BCUT2D eigenvalue weighted by molar-refractivity contribution is 8.00. The van der Waals surface area contributed by atoms with Crippen molar-refractivity contribution >= 4 is 23.8 Å². The van der Waals surface area contributed by atoms with Gasteiger partial charge in [0.05, 0.1) is 6.61 Å². The Labute approximate surface area is 118 Å². The zero-order valence-corrected chi connectivity index (χ0v) is 11.4. The summed E-state index contributed by atoms with van der Waals surface area (Å²) in [6.45, 7) is 1.63. The van der Waals surface area contributed by atoms with E-state index in [-0.39, 0.29) is 24.1 Å². The Morgan fingerprint density at radius 2 is 2.15 bits per heavy atom. The van der Waals surface area contributed by atoms with Gasteiger partial charge in [0.15, 0.2) is 0 Å².